The van der Waals surface area contributed by atoms with Gasteiger partial charge in [0.15, 0.2) is 0 Å². The first-order valence-electron chi connectivity index (χ1n) is 9.18. The lowest BCUT2D eigenvalue weighted by Gasteiger charge is -2.30. The maximum atomic E-state index is 12.6. The molecule has 0 radical (unpaired) electrons. The van der Waals surface area contributed by atoms with Gasteiger partial charge in [-0.1, -0.05) is 30.3 Å². The Morgan fingerprint density at radius 2 is 2.00 bits per heavy atom. The van der Waals surface area contributed by atoms with Crippen LogP contribution in [-0.2, 0) is 25.6 Å². The average molecular weight is 344 g/mol. The number of benzene rings is 1. The summed E-state index contributed by atoms with van der Waals surface area (Å²) < 4.78 is 11.7. The molecule has 3 fully saturated rings. The quantitative estimate of drug-likeness (QED) is 0.585. The number of esters is 2. The van der Waals surface area contributed by atoms with Crippen molar-refractivity contribution in [3.63, 3.8) is 0 Å². The van der Waals surface area contributed by atoms with E-state index in [-0.39, 0.29) is 41.7 Å². The third-order valence-electron chi connectivity index (χ3n) is 6.15. The standard InChI is InChI=1S/C20H26NO4/c1-21(2,12-13-6-4-3-5-7-13)8-9-24-19(22)17-14-10-15-16(11-14)25-20(23)18(15)17/h3-7,14-18H,8-12H2,1-2H3/q+1. The summed E-state index contributed by atoms with van der Waals surface area (Å²) in [5.74, 6) is -0.387. The van der Waals surface area contributed by atoms with Crippen molar-refractivity contribution in [3.8, 4) is 0 Å². The molecule has 5 nitrogen and oxygen atoms in total. The molecule has 2 aliphatic carbocycles. The largest absolute Gasteiger partial charge is 0.462 e. The monoisotopic (exact) mass is 344 g/mol. The summed E-state index contributed by atoms with van der Waals surface area (Å²) in [7, 11) is 4.27. The molecule has 0 aromatic heterocycles. The molecule has 4 rings (SSSR count). The van der Waals surface area contributed by atoms with E-state index >= 15 is 0 Å². The van der Waals surface area contributed by atoms with Crippen LogP contribution in [0.4, 0.5) is 0 Å². The molecule has 2 bridgehead atoms. The smallest absolute Gasteiger partial charge is 0.310 e. The molecule has 5 unspecified atom stereocenters. The first-order chi connectivity index (χ1) is 11.9. The molecule has 1 aliphatic heterocycles. The van der Waals surface area contributed by atoms with Gasteiger partial charge in [0.25, 0.3) is 0 Å². The summed E-state index contributed by atoms with van der Waals surface area (Å²) >= 11 is 0. The van der Waals surface area contributed by atoms with Gasteiger partial charge < -0.3 is 14.0 Å². The fourth-order valence-electron chi connectivity index (χ4n) is 4.97. The molecular formula is C20H26NO4+. The fraction of sp³-hybridized carbons (Fsp3) is 0.600. The summed E-state index contributed by atoms with van der Waals surface area (Å²) in [6, 6.07) is 10.3. The molecule has 1 heterocycles. The zero-order valence-corrected chi connectivity index (χ0v) is 14.9. The highest BCUT2D eigenvalue weighted by Crippen LogP contribution is 2.57. The van der Waals surface area contributed by atoms with Crippen LogP contribution in [0.25, 0.3) is 0 Å². The Labute approximate surface area is 148 Å². The van der Waals surface area contributed by atoms with Crippen LogP contribution < -0.4 is 0 Å². The van der Waals surface area contributed by atoms with E-state index in [0.29, 0.717) is 6.61 Å². The van der Waals surface area contributed by atoms with Crippen molar-refractivity contribution >= 4 is 11.9 Å². The van der Waals surface area contributed by atoms with Crippen molar-refractivity contribution in [1.82, 2.24) is 0 Å². The molecule has 2 saturated carbocycles. The van der Waals surface area contributed by atoms with Crippen molar-refractivity contribution in [2.24, 2.45) is 23.7 Å². The Morgan fingerprint density at radius 1 is 1.24 bits per heavy atom. The van der Waals surface area contributed by atoms with Crippen LogP contribution in [0, 0.1) is 23.7 Å². The number of hydrogen-bond acceptors (Lipinski definition) is 4. The van der Waals surface area contributed by atoms with E-state index in [4.69, 9.17) is 9.47 Å². The lowest BCUT2D eigenvalue weighted by atomic mass is 9.80. The van der Waals surface area contributed by atoms with Crippen LogP contribution in [0.2, 0.25) is 0 Å². The van der Waals surface area contributed by atoms with Crippen LogP contribution in [0.1, 0.15) is 18.4 Å². The summed E-state index contributed by atoms with van der Waals surface area (Å²) in [5, 5.41) is 0. The minimum absolute atomic E-state index is 0.0630. The number of nitrogens with zero attached hydrogens (tertiary/aromatic N) is 1. The third kappa shape index (κ3) is 3.06. The van der Waals surface area contributed by atoms with Gasteiger partial charge >= 0.3 is 11.9 Å². The van der Waals surface area contributed by atoms with Crippen molar-refractivity contribution in [3.05, 3.63) is 35.9 Å². The minimum atomic E-state index is -0.277. The lowest BCUT2D eigenvalue weighted by Crippen LogP contribution is -2.42. The topological polar surface area (TPSA) is 52.6 Å². The van der Waals surface area contributed by atoms with E-state index in [1.807, 2.05) is 18.2 Å². The van der Waals surface area contributed by atoms with Gasteiger partial charge in [-0.15, -0.1) is 0 Å². The van der Waals surface area contributed by atoms with Gasteiger partial charge in [0.05, 0.1) is 25.9 Å². The van der Waals surface area contributed by atoms with Crippen LogP contribution >= 0.6 is 0 Å². The molecule has 1 aromatic rings. The number of hydrogen-bond donors (Lipinski definition) is 0. The maximum absolute atomic E-state index is 12.6. The number of carbonyl (C=O) groups excluding carboxylic acids is 2. The van der Waals surface area contributed by atoms with E-state index in [2.05, 4.69) is 26.2 Å². The first kappa shape index (κ1) is 16.6. The SMILES string of the molecule is C[N+](C)(CCOC(=O)C1C2CC3OC(=O)C1C3C2)Cc1ccccc1. The minimum Gasteiger partial charge on any atom is -0.462 e. The normalized spacial score (nSPS) is 32.7. The highest BCUT2D eigenvalue weighted by Gasteiger charge is 2.64. The van der Waals surface area contributed by atoms with E-state index in [1.165, 1.54) is 5.56 Å². The predicted octanol–water partition coefficient (Wildman–Crippen LogP) is 2.00. The van der Waals surface area contributed by atoms with Crippen molar-refractivity contribution in [1.29, 1.82) is 0 Å². The van der Waals surface area contributed by atoms with E-state index in [0.717, 1.165) is 30.4 Å². The van der Waals surface area contributed by atoms with Gasteiger partial charge in [-0.3, -0.25) is 9.59 Å². The van der Waals surface area contributed by atoms with Gasteiger partial charge in [-0.25, -0.2) is 0 Å². The van der Waals surface area contributed by atoms with Gasteiger partial charge in [0.2, 0.25) is 0 Å². The van der Waals surface area contributed by atoms with Crippen LogP contribution in [0.15, 0.2) is 30.3 Å². The van der Waals surface area contributed by atoms with E-state index in [1.54, 1.807) is 0 Å². The molecule has 0 spiro atoms. The Bertz CT molecular complexity index is 670. The molecule has 1 aromatic carbocycles. The molecule has 0 amide bonds. The van der Waals surface area contributed by atoms with Gasteiger partial charge in [-0.2, -0.15) is 0 Å². The second-order valence-corrected chi connectivity index (χ2v) is 8.39. The highest BCUT2D eigenvalue weighted by atomic mass is 16.6. The summed E-state index contributed by atoms with van der Waals surface area (Å²) in [6.45, 7) is 2.03. The lowest BCUT2D eigenvalue weighted by molar-refractivity contribution is -0.903. The van der Waals surface area contributed by atoms with Crippen molar-refractivity contribution in [2.75, 3.05) is 27.2 Å². The van der Waals surface area contributed by atoms with E-state index in [9.17, 15) is 9.59 Å². The Balaban J connectivity index is 1.30. The summed E-state index contributed by atoms with van der Waals surface area (Å²) in [4.78, 5) is 24.6. The highest BCUT2D eigenvalue weighted by molar-refractivity contribution is 5.85. The van der Waals surface area contributed by atoms with Crippen molar-refractivity contribution in [2.45, 2.75) is 25.5 Å². The number of fused-ring (bicyclic) bond motifs is 1. The second-order valence-electron chi connectivity index (χ2n) is 8.39. The third-order valence-corrected chi connectivity index (χ3v) is 6.15. The number of likely N-dealkylation sites (N-methyl/N-ethyl adjacent to an activating group) is 1. The Hall–Kier alpha value is -1.88. The summed E-state index contributed by atoms with van der Waals surface area (Å²) in [5.41, 5.74) is 1.27. The van der Waals surface area contributed by atoms with E-state index < -0.39 is 0 Å². The number of carbonyl (C=O) groups is 2. The zero-order valence-electron chi connectivity index (χ0n) is 14.9. The first-order valence-corrected chi connectivity index (χ1v) is 9.18. The van der Waals surface area contributed by atoms with Crippen LogP contribution in [0.5, 0.6) is 0 Å². The molecule has 5 heteroatoms. The summed E-state index contributed by atoms with van der Waals surface area (Å²) in [6.07, 6.45) is 1.84. The Morgan fingerprint density at radius 3 is 2.76 bits per heavy atom. The van der Waals surface area contributed by atoms with Crippen LogP contribution in [-0.4, -0.2) is 49.8 Å². The van der Waals surface area contributed by atoms with Gasteiger partial charge in [0.1, 0.15) is 25.8 Å². The number of quaternary nitrogens is 1. The second kappa shape index (κ2) is 6.13. The van der Waals surface area contributed by atoms with Gasteiger partial charge in [-0.05, 0) is 18.8 Å². The molecule has 3 aliphatic rings. The maximum Gasteiger partial charge on any atom is 0.310 e. The number of ether oxygens (including phenoxy) is 2. The zero-order chi connectivity index (χ0) is 17.6. The molecule has 134 valence electrons. The molecule has 1 saturated heterocycles. The predicted molar refractivity (Wildman–Crippen MR) is 91.2 cm³/mol. The average Bonchev–Trinajstić information content (AvgIpc) is 3.17. The van der Waals surface area contributed by atoms with Gasteiger partial charge in [0, 0.05) is 11.5 Å². The molecule has 25 heavy (non-hydrogen) atoms. The van der Waals surface area contributed by atoms with Crippen LogP contribution in [0.3, 0.4) is 0 Å². The fourth-order valence-corrected chi connectivity index (χ4v) is 4.97. The Kier molecular flexibility index (Phi) is 4.07. The molecular weight excluding hydrogens is 318 g/mol. The van der Waals surface area contributed by atoms with Crippen molar-refractivity contribution < 1.29 is 23.5 Å². The number of rotatable bonds is 6. The molecule has 5 atom stereocenters. The molecule has 0 N–H and O–H groups in total.